The van der Waals surface area contributed by atoms with Crippen molar-refractivity contribution in [3.05, 3.63) is 22.8 Å². The highest BCUT2D eigenvalue weighted by molar-refractivity contribution is 6.33. The van der Waals surface area contributed by atoms with E-state index in [-0.39, 0.29) is 10.6 Å². The maximum atomic E-state index is 11.0. The zero-order chi connectivity index (χ0) is 14.0. The molecular weight excluding hydrogens is 266 g/mol. The first-order valence-electron chi connectivity index (χ1n) is 6.33. The van der Waals surface area contributed by atoms with Gasteiger partial charge in [-0.3, -0.25) is 4.90 Å². The van der Waals surface area contributed by atoms with Crippen molar-refractivity contribution in [3.63, 3.8) is 0 Å². The summed E-state index contributed by atoms with van der Waals surface area (Å²) in [6.45, 7) is 2.86. The van der Waals surface area contributed by atoms with Crippen LogP contribution in [-0.4, -0.2) is 46.6 Å². The lowest BCUT2D eigenvalue weighted by Crippen LogP contribution is -2.36. The molecule has 1 heterocycles. The number of halogens is 1. The molecule has 1 aliphatic rings. The van der Waals surface area contributed by atoms with E-state index >= 15 is 0 Å². The minimum Gasteiger partial charge on any atom is -0.478 e. The maximum absolute atomic E-state index is 11.0. The number of aromatic nitrogens is 1. The molecule has 6 heteroatoms. The van der Waals surface area contributed by atoms with Crippen LogP contribution in [0, 0.1) is 0 Å². The van der Waals surface area contributed by atoms with Gasteiger partial charge in [0.1, 0.15) is 5.82 Å². The Balaban J connectivity index is 1.95. The Morgan fingerprint density at radius 2 is 2.37 bits per heavy atom. The molecule has 19 heavy (non-hydrogen) atoms. The zero-order valence-corrected chi connectivity index (χ0v) is 11.8. The highest BCUT2D eigenvalue weighted by Gasteiger charge is 2.28. The Morgan fingerprint density at radius 3 is 2.95 bits per heavy atom. The monoisotopic (exact) mass is 283 g/mol. The molecule has 104 valence electrons. The second-order valence-electron chi connectivity index (χ2n) is 4.98. The molecule has 0 spiro atoms. The largest absolute Gasteiger partial charge is 0.478 e. The van der Waals surface area contributed by atoms with Gasteiger partial charge < -0.3 is 10.4 Å². The molecule has 1 fully saturated rings. The van der Waals surface area contributed by atoms with Gasteiger partial charge in [0.05, 0.1) is 10.6 Å². The van der Waals surface area contributed by atoms with E-state index in [0.717, 1.165) is 6.54 Å². The Morgan fingerprint density at radius 1 is 1.68 bits per heavy atom. The third-order valence-corrected chi connectivity index (χ3v) is 3.78. The number of nitrogens with zero attached hydrogens (tertiary/aromatic N) is 2. The topological polar surface area (TPSA) is 65.5 Å². The number of hydrogen-bond donors (Lipinski definition) is 2. The number of likely N-dealkylation sites (N-methyl/N-ethyl adjacent to an activating group) is 1. The first-order chi connectivity index (χ1) is 8.99. The van der Waals surface area contributed by atoms with Crippen LogP contribution in [0.3, 0.4) is 0 Å². The van der Waals surface area contributed by atoms with Crippen LogP contribution in [0.2, 0.25) is 5.02 Å². The van der Waals surface area contributed by atoms with E-state index in [1.54, 1.807) is 0 Å². The molecule has 1 atom stereocenters. The number of pyridine rings is 1. The third-order valence-electron chi connectivity index (χ3n) is 3.48. The Kier molecular flexibility index (Phi) is 4.27. The van der Waals surface area contributed by atoms with Crippen LogP contribution in [0.25, 0.3) is 0 Å². The van der Waals surface area contributed by atoms with Crippen LogP contribution in [0.15, 0.2) is 12.3 Å². The fourth-order valence-corrected chi connectivity index (χ4v) is 2.12. The Bertz CT molecular complexity index is 477. The molecule has 1 unspecified atom stereocenters. The van der Waals surface area contributed by atoms with Gasteiger partial charge in [0.15, 0.2) is 0 Å². The van der Waals surface area contributed by atoms with Crippen LogP contribution in [0.5, 0.6) is 0 Å². The molecule has 0 aromatic carbocycles. The van der Waals surface area contributed by atoms with Crippen LogP contribution in [0.1, 0.15) is 30.1 Å². The lowest BCUT2D eigenvalue weighted by molar-refractivity contribution is 0.0697. The van der Waals surface area contributed by atoms with Gasteiger partial charge in [-0.15, -0.1) is 0 Å². The van der Waals surface area contributed by atoms with Crippen molar-refractivity contribution in [1.29, 1.82) is 0 Å². The summed E-state index contributed by atoms with van der Waals surface area (Å²) in [5.41, 5.74) is 0.0716. The van der Waals surface area contributed by atoms with Crippen molar-refractivity contribution >= 4 is 23.4 Å². The average Bonchev–Trinajstić information content (AvgIpc) is 3.20. The van der Waals surface area contributed by atoms with Crippen LogP contribution in [-0.2, 0) is 0 Å². The molecule has 0 saturated heterocycles. The van der Waals surface area contributed by atoms with Crippen molar-refractivity contribution in [1.82, 2.24) is 9.88 Å². The Hall–Kier alpha value is -1.33. The maximum Gasteiger partial charge on any atom is 0.337 e. The summed E-state index contributed by atoms with van der Waals surface area (Å²) >= 11 is 5.77. The highest BCUT2D eigenvalue weighted by Crippen LogP contribution is 2.27. The molecule has 0 radical (unpaired) electrons. The number of carboxylic acid groups (broad SMARTS) is 1. The van der Waals surface area contributed by atoms with E-state index < -0.39 is 5.97 Å². The lowest BCUT2D eigenvalue weighted by atomic mass is 10.2. The zero-order valence-electron chi connectivity index (χ0n) is 11.1. The lowest BCUT2D eigenvalue weighted by Gasteiger charge is -2.24. The summed E-state index contributed by atoms with van der Waals surface area (Å²) in [7, 11) is 2.11. The molecule has 0 amide bonds. The molecule has 0 bridgehead atoms. The Labute approximate surface area is 117 Å². The summed E-state index contributed by atoms with van der Waals surface area (Å²) in [4.78, 5) is 17.4. The molecular formula is C13H18ClN3O2. The molecule has 5 nitrogen and oxygen atoms in total. The molecule has 1 saturated carbocycles. The van der Waals surface area contributed by atoms with Gasteiger partial charge in [0, 0.05) is 24.8 Å². The number of rotatable bonds is 6. The number of hydrogen-bond acceptors (Lipinski definition) is 4. The number of anilines is 1. The van der Waals surface area contributed by atoms with E-state index in [1.165, 1.54) is 25.1 Å². The van der Waals surface area contributed by atoms with Crippen molar-refractivity contribution in [2.24, 2.45) is 0 Å². The summed E-state index contributed by atoms with van der Waals surface area (Å²) in [5.74, 6) is -0.503. The predicted octanol–water partition coefficient (Wildman–Crippen LogP) is 2.33. The number of carbonyl (C=O) groups is 1. The summed E-state index contributed by atoms with van der Waals surface area (Å²) in [6, 6.07) is 2.54. The summed E-state index contributed by atoms with van der Waals surface area (Å²) < 4.78 is 0. The second kappa shape index (κ2) is 5.75. The van der Waals surface area contributed by atoms with Crippen LogP contribution >= 0.6 is 11.6 Å². The average molecular weight is 284 g/mol. The van der Waals surface area contributed by atoms with Gasteiger partial charge in [0.25, 0.3) is 0 Å². The van der Waals surface area contributed by atoms with E-state index in [1.807, 2.05) is 0 Å². The molecule has 2 N–H and O–H groups in total. The molecule has 2 rings (SSSR count). The quantitative estimate of drug-likeness (QED) is 0.839. The summed E-state index contributed by atoms with van der Waals surface area (Å²) in [5, 5.41) is 12.3. The number of aromatic carboxylic acids is 1. The van der Waals surface area contributed by atoms with Gasteiger partial charge >= 0.3 is 5.97 Å². The number of carboxylic acids is 1. The molecule has 1 aromatic rings. The van der Waals surface area contributed by atoms with Gasteiger partial charge in [0.2, 0.25) is 0 Å². The SMILES string of the molecule is CC(CNc1cc(C(=O)O)c(Cl)cn1)N(C)C1CC1. The van der Waals surface area contributed by atoms with E-state index in [9.17, 15) is 4.79 Å². The fraction of sp³-hybridized carbons (Fsp3) is 0.538. The molecule has 1 aromatic heterocycles. The molecule has 0 aliphatic heterocycles. The van der Waals surface area contributed by atoms with Crippen molar-refractivity contribution in [2.75, 3.05) is 18.9 Å². The smallest absolute Gasteiger partial charge is 0.337 e. The van der Waals surface area contributed by atoms with E-state index in [4.69, 9.17) is 16.7 Å². The number of nitrogens with one attached hydrogen (secondary N) is 1. The van der Waals surface area contributed by atoms with E-state index in [0.29, 0.717) is 17.9 Å². The van der Waals surface area contributed by atoms with Crippen molar-refractivity contribution < 1.29 is 9.90 Å². The van der Waals surface area contributed by atoms with Gasteiger partial charge in [-0.25, -0.2) is 9.78 Å². The van der Waals surface area contributed by atoms with Crippen LogP contribution in [0.4, 0.5) is 5.82 Å². The third kappa shape index (κ3) is 3.58. The fourth-order valence-electron chi connectivity index (χ4n) is 1.94. The summed E-state index contributed by atoms with van der Waals surface area (Å²) in [6.07, 6.45) is 3.90. The minimum absolute atomic E-state index is 0.0716. The highest BCUT2D eigenvalue weighted by atomic mass is 35.5. The predicted molar refractivity (Wildman–Crippen MR) is 74.9 cm³/mol. The minimum atomic E-state index is -1.04. The van der Waals surface area contributed by atoms with Gasteiger partial charge in [-0.05, 0) is 32.9 Å². The van der Waals surface area contributed by atoms with Crippen molar-refractivity contribution in [2.45, 2.75) is 31.8 Å². The second-order valence-corrected chi connectivity index (χ2v) is 5.39. The van der Waals surface area contributed by atoms with Gasteiger partial charge in [-0.1, -0.05) is 11.6 Å². The van der Waals surface area contributed by atoms with Crippen molar-refractivity contribution in [3.8, 4) is 0 Å². The first kappa shape index (κ1) is 14.1. The first-order valence-corrected chi connectivity index (χ1v) is 6.71. The normalized spacial score (nSPS) is 16.4. The van der Waals surface area contributed by atoms with E-state index in [2.05, 4.69) is 29.2 Å². The van der Waals surface area contributed by atoms with Crippen LogP contribution < -0.4 is 5.32 Å². The van der Waals surface area contributed by atoms with Gasteiger partial charge in [-0.2, -0.15) is 0 Å². The molecule has 1 aliphatic carbocycles. The standard InChI is InChI=1S/C13H18ClN3O2/c1-8(17(2)9-3-4-9)6-15-12-5-10(13(18)19)11(14)7-16-12/h5,7-9H,3-4,6H2,1-2H3,(H,15,16)(H,18,19).